The minimum absolute atomic E-state index is 0.0497. The van der Waals surface area contributed by atoms with E-state index in [0.29, 0.717) is 19.1 Å². The van der Waals surface area contributed by atoms with Gasteiger partial charge in [-0.2, -0.15) is 0 Å². The normalized spacial score (nSPS) is 18.9. The third kappa shape index (κ3) is 5.53. The number of aromatic nitrogens is 3. The predicted molar refractivity (Wildman–Crippen MR) is 143 cm³/mol. The summed E-state index contributed by atoms with van der Waals surface area (Å²) in [6, 6.07) is 8.65. The number of carbonyl (C=O) groups excluding carboxylic acids is 1. The molecule has 1 atom stereocenters. The van der Waals surface area contributed by atoms with Crippen molar-refractivity contribution in [1.29, 1.82) is 0 Å². The van der Waals surface area contributed by atoms with Gasteiger partial charge in [-0.3, -0.25) is 4.98 Å². The van der Waals surface area contributed by atoms with E-state index in [0.717, 1.165) is 34.5 Å². The summed E-state index contributed by atoms with van der Waals surface area (Å²) in [5, 5.41) is 5.72. The molecule has 1 aliphatic carbocycles. The molecule has 3 aromatic heterocycles. The van der Waals surface area contributed by atoms with Gasteiger partial charge in [0.05, 0.1) is 6.04 Å². The number of amides is 1. The fourth-order valence-corrected chi connectivity index (χ4v) is 5.25. The number of nitrogens with one attached hydrogen (secondary N) is 1. The number of carbonyl (C=O) groups is 1. The molecule has 0 spiro atoms. The Morgan fingerprint density at radius 3 is 2.67 bits per heavy atom. The fourth-order valence-electron chi connectivity index (χ4n) is 5.25. The van der Waals surface area contributed by atoms with Crippen LogP contribution in [-0.2, 0) is 4.74 Å². The van der Waals surface area contributed by atoms with Gasteiger partial charge in [0.1, 0.15) is 17.2 Å². The molecule has 1 saturated heterocycles. The molecule has 0 radical (unpaired) electrons. The van der Waals surface area contributed by atoms with E-state index < -0.39 is 5.60 Å². The van der Waals surface area contributed by atoms with E-state index in [4.69, 9.17) is 9.72 Å². The Bertz CT molecular complexity index is 1200. The van der Waals surface area contributed by atoms with Crippen molar-refractivity contribution in [3.8, 4) is 0 Å². The van der Waals surface area contributed by atoms with Crippen LogP contribution in [0, 0.1) is 0 Å². The maximum absolute atomic E-state index is 12.8. The van der Waals surface area contributed by atoms with Crippen molar-refractivity contribution in [3.63, 3.8) is 0 Å². The second kappa shape index (κ2) is 10.3. The van der Waals surface area contributed by atoms with Crippen LogP contribution in [0.15, 0.2) is 49.1 Å². The van der Waals surface area contributed by atoms with E-state index in [-0.39, 0.29) is 12.1 Å². The molecule has 1 N–H and O–H groups in total. The lowest BCUT2D eigenvalue weighted by molar-refractivity contribution is 0.0293. The van der Waals surface area contributed by atoms with Crippen LogP contribution in [0.3, 0.4) is 0 Å². The van der Waals surface area contributed by atoms with Gasteiger partial charge in [0.2, 0.25) is 0 Å². The molecule has 5 rings (SSSR count). The monoisotopic (exact) mass is 488 g/mol. The number of likely N-dealkylation sites (tertiary alicyclic amines) is 1. The smallest absolute Gasteiger partial charge is 0.410 e. The molecule has 2 fully saturated rings. The topological polar surface area (TPSA) is 83.5 Å². The molecule has 4 heterocycles. The summed E-state index contributed by atoms with van der Waals surface area (Å²) in [5.41, 5.74) is 0.486. The summed E-state index contributed by atoms with van der Waals surface area (Å²) in [5.74, 6) is 1.74. The summed E-state index contributed by atoms with van der Waals surface area (Å²) < 4.78 is 5.66. The fraction of sp³-hybridized carbons (Fsp3) is 0.500. The molecule has 36 heavy (non-hydrogen) atoms. The predicted octanol–water partition coefficient (Wildman–Crippen LogP) is 5.92. The summed E-state index contributed by atoms with van der Waals surface area (Å²) in [6.45, 7) is 6.90. The second-order valence-electron chi connectivity index (χ2n) is 10.8. The third-order valence-electron chi connectivity index (χ3n) is 6.93. The van der Waals surface area contributed by atoms with Gasteiger partial charge in [-0.1, -0.05) is 19.3 Å². The number of anilines is 3. The SMILES string of the molecule is CC(C)(C)OC(=O)N1CCC(N(c2ccnc(NC3CCCCC3)c2)c2nccc3cnccc23)C1. The van der Waals surface area contributed by atoms with Crippen molar-refractivity contribution >= 4 is 34.2 Å². The van der Waals surface area contributed by atoms with Crippen LogP contribution in [0.1, 0.15) is 59.3 Å². The molecule has 2 aliphatic rings. The van der Waals surface area contributed by atoms with Gasteiger partial charge in [-0.15, -0.1) is 0 Å². The largest absolute Gasteiger partial charge is 0.444 e. The molecular weight excluding hydrogens is 452 g/mol. The highest BCUT2D eigenvalue weighted by Gasteiger charge is 2.35. The third-order valence-corrected chi connectivity index (χ3v) is 6.93. The van der Waals surface area contributed by atoms with Crippen molar-refractivity contribution in [1.82, 2.24) is 19.9 Å². The standard InChI is InChI=1S/C28H36N6O2/c1-28(2,3)36-27(35)33-16-12-23(19-33)34(26-24-11-13-29-18-20(24)9-14-31-26)22-10-15-30-25(17-22)32-21-7-5-4-6-8-21/h9-11,13-15,17-18,21,23H,4-8,12,16,19H2,1-3H3,(H,30,32). The highest BCUT2D eigenvalue weighted by molar-refractivity contribution is 5.93. The van der Waals surface area contributed by atoms with E-state index in [1.165, 1.54) is 32.1 Å². The van der Waals surface area contributed by atoms with E-state index in [2.05, 4.69) is 26.3 Å². The average Bonchev–Trinajstić information content (AvgIpc) is 3.34. The van der Waals surface area contributed by atoms with Crippen LogP contribution in [0.5, 0.6) is 0 Å². The number of ether oxygens (including phenoxy) is 1. The summed E-state index contributed by atoms with van der Waals surface area (Å²) in [7, 11) is 0. The van der Waals surface area contributed by atoms with Crippen LogP contribution in [0.2, 0.25) is 0 Å². The lowest BCUT2D eigenvalue weighted by Gasteiger charge is -2.32. The Morgan fingerprint density at radius 1 is 1.06 bits per heavy atom. The summed E-state index contributed by atoms with van der Waals surface area (Å²) in [6.07, 6.45) is 14.1. The van der Waals surface area contributed by atoms with E-state index >= 15 is 0 Å². The maximum atomic E-state index is 12.8. The molecule has 8 heteroatoms. The van der Waals surface area contributed by atoms with Gasteiger partial charge < -0.3 is 19.9 Å². The minimum atomic E-state index is -0.524. The number of nitrogens with zero attached hydrogens (tertiary/aromatic N) is 5. The molecule has 0 bridgehead atoms. The Labute approximate surface area is 213 Å². The first-order chi connectivity index (χ1) is 17.4. The zero-order valence-electron chi connectivity index (χ0n) is 21.5. The number of hydrogen-bond donors (Lipinski definition) is 1. The number of hydrogen-bond acceptors (Lipinski definition) is 7. The van der Waals surface area contributed by atoms with E-state index in [1.807, 2.05) is 57.6 Å². The van der Waals surface area contributed by atoms with Gasteiger partial charge >= 0.3 is 6.09 Å². The summed E-state index contributed by atoms with van der Waals surface area (Å²) in [4.78, 5) is 30.7. The quantitative estimate of drug-likeness (QED) is 0.477. The number of fused-ring (bicyclic) bond motifs is 1. The highest BCUT2D eigenvalue weighted by atomic mass is 16.6. The van der Waals surface area contributed by atoms with Crippen molar-refractivity contribution in [2.45, 2.75) is 77.0 Å². The lowest BCUT2D eigenvalue weighted by atomic mass is 9.95. The van der Waals surface area contributed by atoms with Gasteiger partial charge in [0.15, 0.2) is 0 Å². The first-order valence-corrected chi connectivity index (χ1v) is 13.1. The number of rotatable bonds is 5. The van der Waals surface area contributed by atoms with Gasteiger partial charge in [0, 0.05) is 66.4 Å². The molecule has 1 saturated carbocycles. The Hall–Kier alpha value is -3.42. The van der Waals surface area contributed by atoms with Crippen LogP contribution in [-0.4, -0.2) is 56.7 Å². The van der Waals surface area contributed by atoms with Crippen molar-refractivity contribution in [3.05, 3.63) is 49.1 Å². The maximum Gasteiger partial charge on any atom is 0.410 e. The van der Waals surface area contributed by atoms with E-state index in [9.17, 15) is 4.79 Å². The molecular formula is C28H36N6O2. The average molecular weight is 489 g/mol. The lowest BCUT2D eigenvalue weighted by Crippen LogP contribution is -2.39. The van der Waals surface area contributed by atoms with Gasteiger partial charge in [-0.25, -0.2) is 14.8 Å². The van der Waals surface area contributed by atoms with E-state index in [1.54, 1.807) is 11.1 Å². The minimum Gasteiger partial charge on any atom is -0.444 e. The van der Waals surface area contributed by atoms with Gasteiger partial charge in [0.25, 0.3) is 0 Å². The Balaban J connectivity index is 1.48. The van der Waals surface area contributed by atoms with Crippen LogP contribution >= 0.6 is 0 Å². The van der Waals surface area contributed by atoms with Crippen LogP contribution < -0.4 is 10.2 Å². The van der Waals surface area contributed by atoms with Crippen molar-refractivity contribution in [2.75, 3.05) is 23.3 Å². The molecule has 1 aliphatic heterocycles. The number of pyridine rings is 3. The Kier molecular flexibility index (Phi) is 6.94. The second-order valence-corrected chi connectivity index (χ2v) is 10.8. The molecule has 1 unspecified atom stereocenters. The first kappa shape index (κ1) is 24.3. The Morgan fingerprint density at radius 2 is 1.86 bits per heavy atom. The molecule has 1 amide bonds. The van der Waals surface area contributed by atoms with Crippen LogP contribution in [0.25, 0.3) is 10.8 Å². The zero-order valence-corrected chi connectivity index (χ0v) is 21.5. The van der Waals surface area contributed by atoms with Crippen molar-refractivity contribution < 1.29 is 9.53 Å². The molecule has 3 aromatic rings. The summed E-state index contributed by atoms with van der Waals surface area (Å²) >= 11 is 0. The zero-order chi connectivity index (χ0) is 25.1. The molecule has 0 aromatic carbocycles. The van der Waals surface area contributed by atoms with Gasteiger partial charge in [-0.05, 0) is 58.2 Å². The molecule has 8 nitrogen and oxygen atoms in total. The van der Waals surface area contributed by atoms with Crippen LogP contribution in [0.4, 0.5) is 22.1 Å². The highest BCUT2D eigenvalue weighted by Crippen LogP contribution is 2.36. The van der Waals surface area contributed by atoms with Crippen molar-refractivity contribution in [2.24, 2.45) is 0 Å². The first-order valence-electron chi connectivity index (χ1n) is 13.1. The molecule has 190 valence electrons.